The molecule has 2 N–H and O–H groups in total. The van der Waals surface area contributed by atoms with Gasteiger partial charge in [0, 0.05) is 6.20 Å². The normalized spacial score (nSPS) is 12.0. The quantitative estimate of drug-likeness (QED) is 0.352. The van der Waals surface area contributed by atoms with Gasteiger partial charge in [0.15, 0.2) is 11.2 Å². The second kappa shape index (κ2) is 10.3. The average Bonchev–Trinajstić information content (AvgIpc) is 3.25. The molecule has 0 saturated carbocycles. The highest BCUT2D eigenvalue weighted by Gasteiger charge is 2.25. The molecule has 0 aliphatic heterocycles. The van der Waals surface area contributed by atoms with E-state index in [1.165, 1.54) is 11.0 Å². The van der Waals surface area contributed by atoms with E-state index >= 15 is 0 Å². The van der Waals surface area contributed by atoms with Crippen molar-refractivity contribution >= 4 is 34.5 Å². The van der Waals surface area contributed by atoms with Gasteiger partial charge in [0.25, 0.3) is 5.91 Å². The number of amides is 1. The van der Waals surface area contributed by atoms with Crippen molar-refractivity contribution in [3.05, 3.63) is 59.5 Å². The molecule has 0 saturated heterocycles. The molecule has 0 bridgehead atoms. The van der Waals surface area contributed by atoms with E-state index in [2.05, 4.69) is 30.6 Å². The van der Waals surface area contributed by atoms with Gasteiger partial charge in [-0.2, -0.15) is 9.67 Å². The molecule has 0 radical (unpaired) electrons. The predicted molar refractivity (Wildman–Crippen MR) is 119 cm³/mol. The molecule has 170 valence electrons. The van der Waals surface area contributed by atoms with Crippen molar-refractivity contribution in [3.63, 3.8) is 0 Å². The standard InChI is InChI=1S/C21H20ClN7O4/c1-13-6-7-17(23-10-13)26-20(31)16(11-32-9-8-30)33-21-18-19(24-12-25-21)29(28-27-18)15-5-3-2-4-14(15)22/h2-7,10,12,16,30H,8-9,11H2,1H3,(H,23,26,31)/t16-/m0/s1. The molecule has 11 nitrogen and oxygen atoms in total. The smallest absolute Gasteiger partial charge is 0.269 e. The molecule has 33 heavy (non-hydrogen) atoms. The van der Waals surface area contributed by atoms with Gasteiger partial charge in [-0.1, -0.05) is 35.0 Å². The van der Waals surface area contributed by atoms with Gasteiger partial charge in [-0.15, -0.1) is 5.10 Å². The zero-order chi connectivity index (χ0) is 23.2. The summed E-state index contributed by atoms with van der Waals surface area (Å²) in [6.45, 7) is 1.60. The molecule has 0 aliphatic carbocycles. The van der Waals surface area contributed by atoms with E-state index in [1.807, 2.05) is 19.1 Å². The number of aliphatic hydroxyl groups excluding tert-OH is 1. The van der Waals surface area contributed by atoms with Crippen molar-refractivity contribution in [3.8, 4) is 11.6 Å². The van der Waals surface area contributed by atoms with Gasteiger partial charge in [-0.3, -0.25) is 4.79 Å². The number of carbonyl (C=O) groups excluding carboxylic acids is 1. The minimum absolute atomic E-state index is 0.0395. The number of para-hydroxylation sites is 1. The van der Waals surface area contributed by atoms with E-state index in [0.29, 0.717) is 22.2 Å². The maximum absolute atomic E-state index is 12.9. The molecule has 3 heterocycles. The number of fused-ring (bicyclic) bond motifs is 1. The van der Waals surface area contributed by atoms with Gasteiger partial charge in [0.2, 0.25) is 12.0 Å². The summed E-state index contributed by atoms with van der Waals surface area (Å²) in [6.07, 6.45) is 1.80. The summed E-state index contributed by atoms with van der Waals surface area (Å²) in [5.74, 6) is -0.101. The highest BCUT2D eigenvalue weighted by Crippen LogP contribution is 2.25. The third kappa shape index (κ3) is 5.22. The van der Waals surface area contributed by atoms with E-state index in [4.69, 9.17) is 26.2 Å². The maximum atomic E-state index is 12.9. The Hall–Kier alpha value is -3.67. The third-order valence-electron chi connectivity index (χ3n) is 4.50. The fourth-order valence-electron chi connectivity index (χ4n) is 2.90. The summed E-state index contributed by atoms with van der Waals surface area (Å²) < 4.78 is 12.7. The summed E-state index contributed by atoms with van der Waals surface area (Å²) in [4.78, 5) is 25.4. The van der Waals surface area contributed by atoms with Crippen LogP contribution in [0.5, 0.6) is 5.88 Å². The Morgan fingerprint density at radius 2 is 2.06 bits per heavy atom. The number of aryl methyl sites for hydroxylation is 1. The Balaban J connectivity index is 1.61. The molecule has 12 heteroatoms. The van der Waals surface area contributed by atoms with Crippen LogP contribution in [-0.2, 0) is 9.53 Å². The summed E-state index contributed by atoms with van der Waals surface area (Å²) in [5.41, 5.74) is 2.13. The van der Waals surface area contributed by atoms with Crippen LogP contribution in [0.15, 0.2) is 48.9 Å². The van der Waals surface area contributed by atoms with E-state index in [1.54, 1.807) is 30.5 Å². The summed E-state index contributed by atoms with van der Waals surface area (Å²) in [6, 6.07) is 10.6. The number of hydrogen-bond acceptors (Lipinski definition) is 9. The summed E-state index contributed by atoms with van der Waals surface area (Å²) in [7, 11) is 0. The number of halogens is 1. The lowest BCUT2D eigenvalue weighted by atomic mass is 10.3. The number of anilines is 1. The predicted octanol–water partition coefficient (Wildman–Crippen LogP) is 1.96. The average molecular weight is 470 g/mol. The minimum Gasteiger partial charge on any atom is -0.460 e. The molecular weight excluding hydrogens is 450 g/mol. The monoisotopic (exact) mass is 469 g/mol. The highest BCUT2D eigenvalue weighted by molar-refractivity contribution is 6.32. The fourth-order valence-corrected chi connectivity index (χ4v) is 3.12. The molecule has 1 atom stereocenters. The Kier molecular flexibility index (Phi) is 7.03. The van der Waals surface area contributed by atoms with Crippen molar-refractivity contribution in [2.24, 2.45) is 0 Å². The lowest BCUT2D eigenvalue weighted by Gasteiger charge is -2.18. The third-order valence-corrected chi connectivity index (χ3v) is 4.82. The number of carbonyl (C=O) groups is 1. The van der Waals surface area contributed by atoms with Gasteiger partial charge in [0.05, 0.1) is 30.5 Å². The van der Waals surface area contributed by atoms with E-state index in [9.17, 15) is 4.79 Å². The highest BCUT2D eigenvalue weighted by atomic mass is 35.5. The van der Waals surface area contributed by atoms with Crippen LogP contribution in [0.4, 0.5) is 5.82 Å². The molecule has 0 aliphatic rings. The topological polar surface area (TPSA) is 137 Å². The molecule has 0 fully saturated rings. The Bertz CT molecular complexity index is 1250. The van der Waals surface area contributed by atoms with Crippen LogP contribution in [0.3, 0.4) is 0 Å². The lowest BCUT2D eigenvalue weighted by molar-refractivity contribution is -0.125. The first-order valence-electron chi connectivity index (χ1n) is 9.97. The largest absolute Gasteiger partial charge is 0.460 e. The maximum Gasteiger partial charge on any atom is 0.269 e. The first kappa shape index (κ1) is 22.5. The Morgan fingerprint density at radius 1 is 1.21 bits per heavy atom. The molecule has 0 spiro atoms. The molecule has 0 unspecified atom stereocenters. The molecule has 1 amide bonds. The Morgan fingerprint density at radius 3 is 2.82 bits per heavy atom. The first-order valence-corrected chi connectivity index (χ1v) is 10.3. The number of aliphatic hydroxyl groups is 1. The van der Waals surface area contributed by atoms with Crippen molar-refractivity contribution in [1.29, 1.82) is 0 Å². The van der Waals surface area contributed by atoms with Crippen molar-refractivity contribution in [1.82, 2.24) is 29.9 Å². The fraction of sp³-hybridized carbons (Fsp3) is 0.238. The molecule has 3 aromatic heterocycles. The van der Waals surface area contributed by atoms with Crippen molar-refractivity contribution in [2.75, 3.05) is 25.1 Å². The number of aromatic nitrogens is 6. The van der Waals surface area contributed by atoms with Crippen LogP contribution in [0.1, 0.15) is 5.56 Å². The summed E-state index contributed by atoms with van der Waals surface area (Å²) in [5, 5.41) is 20.4. The zero-order valence-corrected chi connectivity index (χ0v) is 18.3. The lowest BCUT2D eigenvalue weighted by Crippen LogP contribution is -2.37. The number of hydrogen-bond donors (Lipinski definition) is 2. The molecule has 4 aromatic rings. The number of ether oxygens (including phenoxy) is 2. The Labute approximate surface area is 193 Å². The second-order valence-corrected chi connectivity index (χ2v) is 7.33. The molecular formula is C21H20ClN7O4. The van der Waals surface area contributed by atoms with Crippen LogP contribution in [0.2, 0.25) is 5.02 Å². The van der Waals surface area contributed by atoms with Gasteiger partial charge in [-0.25, -0.2) is 9.97 Å². The van der Waals surface area contributed by atoms with E-state index < -0.39 is 12.0 Å². The SMILES string of the molecule is Cc1ccc(NC(=O)[C@H](COCCO)Oc2ncnc3c2nnn3-c2ccccc2Cl)nc1. The second-order valence-electron chi connectivity index (χ2n) is 6.92. The van der Waals surface area contributed by atoms with Gasteiger partial charge in [0.1, 0.15) is 12.1 Å². The molecule has 1 aromatic carbocycles. The summed E-state index contributed by atoms with van der Waals surface area (Å²) >= 11 is 6.28. The number of rotatable bonds is 9. The molecule has 4 rings (SSSR count). The van der Waals surface area contributed by atoms with Crippen LogP contribution in [0, 0.1) is 6.92 Å². The van der Waals surface area contributed by atoms with Crippen LogP contribution in [0.25, 0.3) is 16.9 Å². The van der Waals surface area contributed by atoms with Crippen molar-refractivity contribution in [2.45, 2.75) is 13.0 Å². The van der Waals surface area contributed by atoms with Crippen LogP contribution >= 0.6 is 11.6 Å². The minimum atomic E-state index is -1.11. The zero-order valence-electron chi connectivity index (χ0n) is 17.6. The number of nitrogens with one attached hydrogen (secondary N) is 1. The number of pyridine rings is 1. The van der Waals surface area contributed by atoms with Gasteiger partial charge < -0.3 is 19.9 Å². The van der Waals surface area contributed by atoms with E-state index in [0.717, 1.165) is 5.56 Å². The van der Waals surface area contributed by atoms with Crippen LogP contribution < -0.4 is 10.1 Å². The van der Waals surface area contributed by atoms with Crippen LogP contribution in [-0.4, -0.2) is 66.9 Å². The van der Waals surface area contributed by atoms with Crippen molar-refractivity contribution < 1.29 is 19.4 Å². The van der Waals surface area contributed by atoms with E-state index in [-0.39, 0.29) is 31.2 Å². The van der Waals surface area contributed by atoms with Gasteiger partial charge in [-0.05, 0) is 30.7 Å². The van der Waals surface area contributed by atoms with Gasteiger partial charge >= 0.3 is 0 Å². The first-order chi connectivity index (χ1) is 16.1. The number of benzene rings is 1. The number of nitrogens with zero attached hydrogens (tertiary/aromatic N) is 6.